The van der Waals surface area contributed by atoms with E-state index in [1.807, 2.05) is 37.0 Å². The first-order chi connectivity index (χ1) is 19.5. The maximum atomic E-state index is 12.9. The molecule has 2 aromatic heterocycles. The molecule has 0 radical (unpaired) electrons. The minimum Gasteiger partial charge on any atom is -0.405 e. The zero-order chi connectivity index (χ0) is 29.4. The maximum absolute atomic E-state index is 12.9. The van der Waals surface area contributed by atoms with Crippen LogP contribution in [-0.2, 0) is 9.16 Å². The third-order valence-corrected chi connectivity index (χ3v) is 13.3. The molecule has 0 aliphatic carbocycles. The number of benzene rings is 2. The summed E-state index contributed by atoms with van der Waals surface area (Å²) in [7, 11) is 0.886. The van der Waals surface area contributed by atoms with E-state index >= 15 is 0 Å². The number of ether oxygens (including phenoxy) is 1. The Balaban J connectivity index is 1.46. The van der Waals surface area contributed by atoms with Crippen molar-refractivity contribution in [2.45, 2.75) is 50.7 Å². The molecular formula is C30H36IN5O4Si. The van der Waals surface area contributed by atoms with E-state index < -0.39 is 26.8 Å². The molecule has 9 nitrogen and oxygen atoms in total. The molecule has 41 heavy (non-hydrogen) atoms. The number of nitrogens with one attached hydrogen (secondary N) is 1. The number of nitrogens with zero attached hydrogens (tertiary/aromatic N) is 4. The Morgan fingerprint density at radius 2 is 1.78 bits per heavy atom. The Morgan fingerprint density at radius 3 is 2.34 bits per heavy atom. The van der Waals surface area contributed by atoms with E-state index in [-0.39, 0.29) is 23.2 Å². The van der Waals surface area contributed by atoms with E-state index in [0.29, 0.717) is 17.5 Å². The lowest BCUT2D eigenvalue weighted by atomic mass is 10.2. The normalized spacial score (nSPS) is 19.8. The van der Waals surface area contributed by atoms with E-state index in [1.165, 1.54) is 10.4 Å². The molecule has 1 unspecified atom stereocenters. The van der Waals surface area contributed by atoms with Crippen LogP contribution in [0.15, 0.2) is 76.6 Å². The third kappa shape index (κ3) is 5.78. The Kier molecular flexibility index (Phi) is 8.53. The number of H-pyrrole nitrogens is 1. The molecule has 5 rings (SSSR count). The molecule has 1 fully saturated rings. The van der Waals surface area contributed by atoms with E-state index in [2.05, 4.69) is 107 Å². The summed E-state index contributed by atoms with van der Waals surface area (Å²) in [5.74, 6) is 0.206. The van der Waals surface area contributed by atoms with Crippen LogP contribution < -0.4 is 15.9 Å². The van der Waals surface area contributed by atoms with E-state index in [1.54, 1.807) is 11.2 Å². The minimum atomic E-state index is -2.80. The van der Waals surface area contributed by atoms with Crippen LogP contribution in [-0.4, -0.2) is 72.1 Å². The number of halogens is 1. The minimum absolute atomic E-state index is 0.195. The fourth-order valence-corrected chi connectivity index (χ4v) is 10.9. The summed E-state index contributed by atoms with van der Waals surface area (Å²) in [4.78, 5) is 26.3. The molecule has 1 saturated heterocycles. The zero-order valence-corrected chi connectivity index (χ0v) is 27.1. The molecule has 1 aliphatic rings. The van der Waals surface area contributed by atoms with E-state index in [9.17, 15) is 9.90 Å². The lowest BCUT2D eigenvalue weighted by Crippen LogP contribution is -2.67. The highest BCUT2D eigenvalue weighted by atomic mass is 127. The Hall–Kier alpha value is -2.84. The van der Waals surface area contributed by atoms with Crippen molar-refractivity contribution in [2.75, 3.05) is 20.7 Å². The highest BCUT2D eigenvalue weighted by Crippen LogP contribution is 2.38. The predicted octanol–water partition coefficient (Wildman–Crippen LogP) is 3.78. The van der Waals surface area contributed by atoms with Crippen molar-refractivity contribution in [1.82, 2.24) is 19.4 Å². The number of aliphatic hydroxyl groups excluding tert-OH is 1. The Bertz CT molecular complexity index is 1540. The second-order valence-electron chi connectivity index (χ2n) is 11.6. The third-order valence-electron chi connectivity index (χ3n) is 7.43. The molecule has 216 valence electrons. The van der Waals surface area contributed by atoms with Gasteiger partial charge in [0.15, 0.2) is 5.65 Å². The zero-order valence-electron chi connectivity index (χ0n) is 23.9. The van der Waals surface area contributed by atoms with Crippen molar-refractivity contribution >= 4 is 64.6 Å². The molecule has 0 amide bonds. The molecule has 3 heterocycles. The number of aromatic nitrogens is 3. The van der Waals surface area contributed by atoms with Crippen molar-refractivity contribution in [3.63, 3.8) is 0 Å². The van der Waals surface area contributed by atoms with Gasteiger partial charge in [-0.15, -0.1) is 0 Å². The van der Waals surface area contributed by atoms with Gasteiger partial charge in [-0.2, -0.15) is 4.98 Å². The number of aliphatic imine (C=N–C) groups is 1. The maximum Gasteiger partial charge on any atom is 0.262 e. The van der Waals surface area contributed by atoms with Crippen molar-refractivity contribution < 1.29 is 14.3 Å². The molecule has 3 atom stereocenters. The van der Waals surface area contributed by atoms with Gasteiger partial charge in [-0.3, -0.25) is 9.78 Å². The molecular weight excluding hydrogens is 649 g/mol. The highest BCUT2D eigenvalue weighted by Gasteiger charge is 2.51. The molecule has 0 saturated carbocycles. The molecule has 11 heteroatoms. The van der Waals surface area contributed by atoms with Gasteiger partial charge in [0.25, 0.3) is 13.9 Å². The summed E-state index contributed by atoms with van der Waals surface area (Å²) in [5.41, 5.74) is 0.198. The summed E-state index contributed by atoms with van der Waals surface area (Å²) in [6, 6.07) is 20.8. The molecule has 2 N–H and O–H groups in total. The van der Waals surface area contributed by atoms with Crippen LogP contribution in [0.2, 0.25) is 5.04 Å². The van der Waals surface area contributed by atoms with Crippen LogP contribution in [0.5, 0.6) is 0 Å². The summed E-state index contributed by atoms with van der Waals surface area (Å²) < 4.78 is 16.1. The number of hydrogen-bond acceptors (Lipinski definition) is 6. The molecule has 0 bridgehead atoms. The smallest absolute Gasteiger partial charge is 0.262 e. The topological polar surface area (TPSA) is 105 Å². The van der Waals surface area contributed by atoms with Crippen LogP contribution in [0.1, 0.15) is 33.4 Å². The van der Waals surface area contributed by atoms with Crippen LogP contribution in [0.25, 0.3) is 11.0 Å². The van der Waals surface area contributed by atoms with Crippen molar-refractivity contribution in [3.05, 3.63) is 80.8 Å². The highest BCUT2D eigenvalue weighted by molar-refractivity contribution is 14.1. The van der Waals surface area contributed by atoms with Gasteiger partial charge in [0, 0.05) is 30.3 Å². The van der Waals surface area contributed by atoms with Gasteiger partial charge in [-0.05, 0) is 38.0 Å². The van der Waals surface area contributed by atoms with Crippen molar-refractivity contribution in [3.8, 4) is 0 Å². The van der Waals surface area contributed by atoms with E-state index in [0.717, 1.165) is 3.57 Å². The number of hydrogen-bond donors (Lipinski definition) is 2. The fraction of sp³-hybridized carbons (Fsp3) is 0.367. The summed E-state index contributed by atoms with van der Waals surface area (Å²) >= 11 is 2.13. The first-order valence-electron chi connectivity index (χ1n) is 13.6. The van der Waals surface area contributed by atoms with Gasteiger partial charge in [0.05, 0.1) is 24.4 Å². The number of aliphatic hydroxyl groups is 1. The van der Waals surface area contributed by atoms with Gasteiger partial charge >= 0.3 is 0 Å². The fourth-order valence-electron chi connectivity index (χ4n) is 5.56. The summed E-state index contributed by atoms with van der Waals surface area (Å²) in [5, 5.41) is 13.8. The summed E-state index contributed by atoms with van der Waals surface area (Å²) in [6.07, 6.45) is 1.96. The second-order valence-corrected chi connectivity index (χ2v) is 17.1. The monoisotopic (exact) mass is 685 g/mol. The van der Waals surface area contributed by atoms with E-state index in [4.69, 9.17) is 9.16 Å². The SMILES string of the molecule is CN(C)/C=N\c1nc2c(c(I)cn2[C@H]2CC(O)[C@@H](CO[Si](c3ccccc3)(c3ccccc3)C(C)(C)C)O2)c(=O)[nH]1. The number of rotatable bonds is 8. The van der Waals surface area contributed by atoms with Crippen LogP contribution in [0, 0.1) is 3.57 Å². The molecule has 1 aliphatic heterocycles. The summed E-state index contributed by atoms with van der Waals surface area (Å²) in [6.45, 7) is 6.90. The van der Waals surface area contributed by atoms with Gasteiger partial charge in [-0.1, -0.05) is 81.4 Å². The Labute approximate surface area is 254 Å². The van der Waals surface area contributed by atoms with Crippen LogP contribution in [0.3, 0.4) is 0 Å². The van der Waals surface area contributed by atoms with Crippen LogP contribution >= 0.6 is 22.6 Å². The first kappa shape index (κ1) is 29.6. The Morgan fingerprint density at radius 1 is 1.17 bits per heavy atom. The number of aromatic amines is 1. The van der Waals surface area contributed by atoms with Crippen molar-refractivity contribution in [2.24, 2.45) is 4.99 Å². The second kappa shape index (κ2) is 11.8. The lowest BCUT2D eigenvalue weighted by Gasteiger charge is -2.43. The average Bonchev–Trinajstić information content (AvgIpc) is 3.47. The van der Waals surface area contributed by atoms with Crippen LogP contribution in [0.4, 0.5) is 5.95 Å². The molecule has 2 aromatic carbocycles. The largest absolute Gasteiger partial charge is 0.405 e. The number of fused-ring (bicyclic) bond motifs is 1. The quantitative estimate of drug-likeness (QED) is 0.127. The van der Waals surface area contributed by atoms with Gasteiger partial charge in [0.1, 0.15) is 12.3 Å². The van der Waals surface area contributed by atoms with Gasteiger partial charge in [-0.25, -0.2) is 4.99 Å². The first-order valence-corrected chi connectivity index (χ1v) is 16.6. The van der Waals surface area contributed by atoms with Gasteiger partial charge < -0.3 is 23.7 Å². The van der Waals surface area contributed by atoms with Gasteiger partial charge in [0.2, 0.25) is 5.95 Å². The average molecular weight is 686 g/mol. The predicted molar refractivity (Wildman–Crippen MR) is 173 cm³/mol. The van der Waals surface area contributed by atoms with Crippen molar-refractivity contribution in [1.29, 1.82) is 0 Å². The molecule has 4 aromatic rings. The molecule has 0 spiro atoms. The lowest BCUT2D eigenvalue weighted by molar-refractivity contribution is -0.0397. The standard InChI is InChI=1S/C30H36IN5O4Si/c1-30(2,3)41(20-12-8-6-9-13-20,21-14-10-7-11-15-21)39-18-24-23(37)16-25(40-24)36-17-22(31)26-27(36)33-29(34-28(26)38)32-19-35(4)5/h6-15,17,19,23-25,37H,16,18H2,1-5H3,(H,33,34,38)/b32-19-/t23?,24-,25-/m1/s1.